The lowest BCUT2D eigenvalue weighted by atomic mass is 10.1. The molecule has 4 heteroatoms. The van der Waals surface area contributed by atoms with Crippen molar-refractivity contribution in [1.82, 2.24) is 0 Å². The molecule has 3 nitrogen and oxygen atoms in total. The Bertz CT molecular complexity index is 335. The third kappa shape index (κ3) is 4.21. The van der Waals surface area contributed by atoms with Gasteiger partial charge in [0.1, 0.15) is 0 Å². The van der Waals surface area contributed by atoms with Crippen molar-refractivity contribution in [1.29, 1.82) is 0 Å². The lowest BCUT2D eigenvalue weighted by Crippen LogP contribution is -2.21. The van der Waals surface area contributed by atoms with Gasteiger partial charge < -0.3 is 9.84 Å². The van der Waals surface area contributed by atoms with Gasteiger partial charge in [-0.2, -0.15) is 0 Å². The van der Waals surface area contributed by atoms with E-state index >= 15 is 0 Å². The molecule has 0 aliphatic carbocycles. The van der Waals surface area contributed by atoms with Gasteiger partial charge in [0.15, 0.2) is 6.10 Å². The second kappa shape index (κ2) is 6.51. The average molecular weight is 243 g/mol. The molecule has 1 rings (SSSR count). The van der Waals surface area contributed by atoms with Crippen LogP contribution in [0.3, 0.4) is 0 Å². The zero-order valence-corrected chi connectivity index (χ0v) is 9.91. The molecule has 1 aromatic carbocycles. The van der Waals surface area contributed by atoms with Crippen molar-refractivity contribution >= 4 is 17.6 Å². The third-order valence-corrected chi connectivity index (χ3v) is 2.58. The van der Waals surface area contributed by atoms with Gasteiger partial charge in [-0.15, -0.1) is 0 Å². The summed E-state index contributed by atoms with van der Waals surface area (Å²) in [5.41, 5.74) is 1.14. The molecule has 1 aromatic rings. The number of methoxy groups -OCH3 is 1. The standard InChI is InChI=1S/C12H15ClO3/c1-16-12(15)11(14)4-2-3-9-5-7-10(13)8-6-9/h5-8,11,14H,2-4H2,1H3. The van der Waals surface area contributed by atoms with Crippen molar-refractivity contribution in [2.24, 2.45) is 0 Å². The van der Waals surface area contributed by atoms with E-state index in [9.17, 15) is 9.90 Å². The number of ether oxygens (including phenoxy) is 1. The maximum atomic E-state index is 10.9. The Morgan fingerprint density at radius 3 is 2.62 bits per heavy atom. The summed E-state index contributed by atoms with van der Waals surface area (Å²) < 4.78 is 4.42. The first-order chi connectivity index (χ1) is 7.63. The molecule has 0 fully saturated rings. The van der Waals surface area contributed by atoms with Gasteiger partial charge in [0.25, 0.3) is 0 Å². The molecule has 0 aliphatic rings. The molecule has 0 saturated carbocycles. The molecule has 0 aliphatic heterocycles. The molecule has 16 heavy (non-hydrogen) atoms. The van der Waals surface area contributed by atoms with E-state index in [-0.39, 0.29) is 0 Å². The minimum atomic E-state index is -1.02. The van der Waals surface area contributed by atoms with Crippen molar-refractivity contribution in [2.45, 2.75) is 25.4 Å². The van der Waals surface area contributed by atoms with Crippen LogP contribution in [0, 0.1) is 0 Å². The molecule has 1 unspecified atom stereocenters. The SMILES string of the molecule is COC(=O)C(O)CCCc1ccc(Cl)cc1. The Kier molecular flexibility index (Phi) is 5.29. The highest BCUT2D eigenvalue weighted by molar-refractivity contribution is 6.30. The lowest BCUT2D eigenvalue weighted by molar-refractivity contribution is -0.150. The lowest BCUT2D eigenvalue weighted by Gasteiger charge is -2.07. The number of aryl methyl sites for hydroxylation is 1. The minimum Gasteiger partial charge on any atom is -0.467 e. The Morgan fingerprint density at radius 2 is 2.06 bits per heavy atom. The second-order valence-corrected chi connectivity index (χ2v) is 3.99. The summed E-state index contributed by atoms with van der Waals surface area (Å²) in [5.74, 6) is -0.573. The van der Waals surface area contributed by atoms with Gasteiger partial charge in [-0.05, 0) is 37.0 Å². The van der Waals surface area contributed by atoms with Crippen molar-refractivity contribution in [2.75, 3.05) is 7.11 Å². The van der Waals surface area contributed by atoms with E-state index in [1.54, 1.807) is 0 Å². The van der Waals surface area contributed by atoms with Crippen LogP contribution in [0.25, 0.3) is 0 Å². The van der Waals surface area contributed by atoms with E-state index in [1.807, 2.05) is 24.3 Å². The molecule has 0 amide bonds. The molecule has 0 heterocycles. The summed E-state index contributed by atoms with van der Waals surface area (Å²) in [4.78, 5) is 10.9. The minimum absolute atomic E-state index is 0.412. The molecule has 0 radical (unpaired) electrons. The van der Waals surface area contributed by atoms with Crippen LogP contribution in [0.4, 0.5) is 0 Å². The number of hydrogen-bond acceptors (Lipinski definition) is 3. The van der Waals surface area contributed by atoms with E-state index < -0.39 is 12.1 Å². The van der Waals surface area contributed by atoms with E-state index in [0.717, 1.165) is 18.4 Å². The number of carbonyl (C=O) groups excluding carboxylic acids is 1. The van der Waals surface area contributed by atoms with Gasteiger partial charge in [-0.3, -0.25) is 0 Å². The first-order valence-corrected chi connectivity index (χ1v) is 5.51. The molecule has 0 saturated heterocycles. The van der Waals surface area contributed by atoms with Crippen LogP contribution in [-0.4, -0.2) is 24.3 Å². The highest BCUT2D eigenvalue weighted by atomic mass is 35.5. The Hall–Kier alpha value is -1.06. The smallest absolute Gasteiger partial charge is 0.334 e. The topological polar surface area (TPSA) is 46.5 Å². The first kappa shape index (κ1) is 13.0. The molecule has 88 valence electrons. The van der Waals surface area contributed by atoms with Crippen molar-refractivity contribution in [3.05, 3.63) is 34.9 Å². The fourth-order valence-electron chi connectivity index (χ4n) is 1.40. The first-order valence-electron chi connectivity index (χ1n) is 5.14. The van der Waals surface area contributed by atoms with Crippen molar-refractivity contribution < 1.29 is 14.6 Å². The maximum Gasteiger partial charge on any atom is 0.334 e. The molecule has 0 spiro atoms. The normalized spacial score (nSPS) is 12.2. The number of halogens is 1. The molecule has 0 aromatic heterocycles. The molecular weight excluding hydrogens is 228 g/mol. The summed E-state index contributed by atoms with van der Waals surface area (Å²) in [6.07, 6.45) is 0.940. The van der Waals surface area contributed by atoms with Gasteiger partial charge in [-0.25, -0.2) is 4.79 Å². The van der Waals surface area contributed by atoms with Gasteiger partial charge >= 0.3 is 5.97 Å². The van der Waals surface area contributed by atoms with E-state index in [1.165, 1.54) is 7.11 Å². The average Bonchev–Trinajstić information content (AvgIpc) is 2.30. The van der Waals surface area contributed by atoms with Crippen LogP contribution in [0.1, 0.15) is 18.4 Å². The van der Waals surface area contributed by atoms with E-state index in [0.29, 0.717) is 11.4 Å². The number of rotatable bonds is 5. The fourth-order valence-corrected chi connectivity index (χ4v) is 1.53. The van der Waals surface area contributed by atoms with Crippen LogP contribution in [0.2, 0.25) is 5.02 Å². The van der Waals surface area contributed by atoms with Crippen molar-refractivity contribution in [3.8, 4) is 0 Å². The molecular formula is C12H15ClO3. The van der Waals surface area contributed by atoms with Crippen LogP contribution >= 0.6 is 11.6 Å². The predicted molar refractivity (Wildman–Crippen MR) is 62.4 cm³/mol. The number of esters is 1. The molecule has 1 atom stereocenters. The van der Waals surface area contributed by atoms with Crippen LogP contribution in [0.5, 0.6) is 0 Å². The number of aliphatic hydroxyl groups is 1. The predicted octanol–water partition coefficient (Wildman–Crippen LogP) is 2.20. The zero-order chi connectivity index (χ0) is 12.0. The zero-order valence-electron chi connectivity index (χ0n) is 9.15. The van der Waals surface area contributed by atoms with Gasteiger partial charge in [0, 0.05) is 5.02 Å². The summed E-state index contributed by atoms with van der Waals surface area (Å²) in [6.45, 7) is 0. The number of hydrogen-bond donors (Lipinski definition) is 1. The van der Waals surface area contributed by atoms with Crippen molar-refractivity contribution in [3.63, 3.8) is 0 Å². The summed E-state index contributed by atoms with van der Waals surface area (Å²) in [5, 5.41) is 10.1. The summed E-state index contributed by atoms with van der Waals surface area (Å²) in [6, 6.07) is 7.53. The highest BCUT2D eigenvalue weighted by Crippen LogP contribution is 2.12. The van der Waals surface area contributed by atoms with Gasteiger partial charge in [0.2, 0.25) is 0 Å². The third-order valence-electron chi connectivity index (χ3n) is 2.33. The monoisotopic (exact) mass is 242 g/mol. The highest BCUT2D eigenvalue weighted by Gasteiger charge is 2.14. The summed E-state index contributed by atoms with van der Waals surface area (Å²) in [7, 11) is 1.27. The molecule has 0 bridgehead atoms. The van der Waals surface area contributed by atoms with E-state index in [4.69, 9.17) is 11.6 Å². The summed E-state index contributed by atoms with van der Waals surface area (Å²) >= 11 is 5.76. The maximum absolute atomic E-state index is 10.9. The quantitative estimate of drug-likeness (QED) is 0.806. The Labute approximate surface area is 100.0 Å². The Morgan fingerprint density at radius 1 is 1.44 bits per heavy atom. The molecule has 1 N–H and O–H groups in total. The van der Waals surface area contributed by atoms with Crippen LogP contribution < -0.4 is 0 Å². The second-order valence-electron chi connectivity index (χ2n) is 3.56. The Balaban J connectivity index is 2.30. The van der Waals surface area contributed by atoms with Gasteiger partial charge in [-0.1, -0.05) is 23.7 Å². The fraction of sp³-hybridized carbons (Fsp3) is 0.417. The van der Waals surface area contributed by atoms with Crippen LogP contribution in [-0.2, 0) is 16.0 Å². The number of carbonyl (C=O) groups is 1. The van der Waals surface area contributed by atoms with E-state index in [2.05, 4.69) is 4.74 Å². The number of aliphatic hydroxyl groups excluding tert-OH is 1. The van der Waals surface area contributed by atoms with Gasteiger partial charge in [0.05, 0.1) is 7.11 Å². The largest absolute Gasteiger partial charge is 0.467 e. The van der Waals surface area contributed by atoms with Crippen LogP contribution in [0.15, 0.2) is 24.3 Å². The number of benzene rings is 1.